The highest BCUT2D eigenvalue weighted by atomic mass is 16.5. The molecule has 150 valence electrons. The highest BCUT2D eigenvalue weighted by molar-refractivity contribution is 5.97. The summed E-state index contributed by atoms with van der Waals surface area (Å²) in [5.41, 5.74) is 1.25. The molecular weight excluding hydrogens is 350 g/mol. The lowest BCUT2D eigenvalue weighted by atomic mass is 10.1. The topological polar surface area (TPSA) is 100 Å². The monoisotopic (exact) mass is 379 g/mol. The molecule has 2 amide bonds. The molecule has 8 nitrogen and oxygen atoms in total. The molecule has 0 unspecified atom stereocenters. The quantitative estimate of drug-likeness (QED) is 0.394. The van der Waals surface area contributed by atoms with Gasteiger partial charge in [-0.05, 0) is 31.0 Å². The first kappa shape index (κ1) is 21.0. The number of rotatable bonds is 11. The van der Waals surface area contributed by atoms with Gasteiger partial charge in [-0.1, -0.05) is 13.0 Å². The minimum absolute atomic E-state index is 0.000428. The SMILES string of the molecule is CCC(=O)N(CCCOC)CCNCCc1ccc(O)c2c1OCC(=O)N2. The van der Waals surface area contributed by atoms with Gasteiger partial charge in [-0.2, -0.15) is 0 Å². The number of nitrogens with one attached hydrogen (secondary N) is 2. The van der Waals surface area contributed by atoms with Gasteiger partial charge in [-0.25, -0.2) is 0 Å². The Morgan fingerprint density at radius 2 is 2.19 bits per heavy atom. The summed E-state index contributed by atoms with van der Waals surface area (Å²) < 4.78 is 10.5. The van der Waals surface area contributed by atoms with Crippen molar-refractivity contribution in [2.75, 3.05) is 51.8 Å². The number of phenols is 1. The largest absolute Gasteiger partial charge is 0.506 e. The molecule has 8 heteroatoms. The summed E-state index contributed by atoms with van der Waals surface area (Å²) in [6.45, 7) is 5.19. The zero-order chi connectivity index (χ0) is 19.6. The van der Waals surface area contributed by atoms with Crippen LogP contribution in [0.15, 0.2) is 12.1 Å². The van der Waals surface area contributed by atoms with E-state index in [9.17, 15) is 14.7 Å². The molecule has 1 aromatic rings. The number of anilines is 1. The first-order valence-electron chi connectivity index (χ1n) is 9.31. The Bertz CT molecular complexity index is 650. The Labute approximate surface area is 159 Å². The fourth-order valence-electron chi connectivity index (χ4n) is 2.96. The molecule has 0 aliphatic carbocycles. The fourth-order valence-corrected chi connectivity index (χ4v) is 2.96. The van der Waals surface area contributed by atoms with Crippen LogP contribution in [0.5, 0.6) is 11.5 Å². The second-order valence-electron chi connectivity index (χ2n) is 6.37. The molecule has 0 saturated heterocycles. The lowest BCUT2D eigenvalue weighted by Crippen LogP contribution is -2.38. The van der Waals surface area contributed by atoms with E-state index in [4.69, 9.17) is 9.47 Å². The standard InChI is InChI=1S/C19H29N3O5/c1-3-17(25)22(10-4-12-26-2)11-9-20-8-7-14-5-6-15(23)18-19(14)27-13-16(24)21-18/h5-6,20,23H,3-4,7-13H2,1-2H3,(H,21,24). The number of fused-ring (bicyclic) bond motifs is 1. The van der Waals surface area contributed by atoms with Crippen molar-refractivity contribution in [2.45, 2.75) is 26.2 Å². The van der Waals surface area contributed by atoms with Gasteiger partial charge in [0, 0.05) is 39.8 Å². The van der Waals surface area contributed by atoms with Crippen LogP contribution < -0.4 is 15.4 Å². The number of phenolic OH excluding ortho intramolecular Hbond substituents is 1. The number of benzene rings is 1. The average molecular weight is 379 g/mol. The maximum Gasteiger partial charge on any atom is 0.262 e. The van der Waals surface area contributed by atoms with Crippen LogP contribution in [0.1, 0.15) is 25.3 Å². The third kappa shape index (κ3) is 6.11. The van der Waals surface area contributed by atoms with Crippen LogP contribution in [0.4, 0.5) is 5.69 Å². The highest BCUT2D eigenvalue weighted by Gasteiger charge is 2.22. The van der Waals surface area contributed by atoms with Crippen molar-refractivity contribution in [1.29, 1.82) is 0 Å². The zero-order valence-electron chi connectivity index (χ0n) is 16.0. The minimum Gasteiger partial charge on any atom is -0.506 e. The van der Waals surface area contributed by atoms with Gasteiger partial charge in [0.2, 0.25) is 5.91 Å². The first-order chi connectivity index (χ1) is 13.1. The van der Waals surface area contributed by atoms with E-state index in [-0.39, 0.29) is 24.2 Å². The third-order valence-corrected chi connectivity index (χ3v) is 4.39. The van der Waals surface area contributed by atoms with Crippen LogP contribution in [0.3, 0.4) is 0 Å². The van der Waals surface area contributed by atoms with Crippen molar-refractivity contribution >= 4 is 17.5 Å². The molecule has 1 aromatic carbocycles. The van der Waals surface area contributed by atoms with Gasteiger partial charge in [-0.3, -0.25) is 9.59 Å². The molecule has 3 N–H and O–H groups in total. The van der Waals surface area contributed by atoms with Crippen LogP contribution in [-0.4, -0.2) is 68.3 Å². The Kier molecular flexibility index (Phi) is 8.35. The maximum absolute atomic E-state index is 12.0. The van der Waals surface area contributed by atoms with E-state index < -0.39 is 0 Å². The Morgan fingerprint density at radius 3 is 2.93 bits per heavy atom. The number of carbonyl (C=O) groups excluding carboxylic acids is 2. The van der Waals surface area contributed by atoms with Gasteiger partial charge in [0.15, 0.2) is 12.4 Å². The third-order valence-electron chi connectivity index (χ3n) is 4.39. The molecule has 1 aliphatic rings. The van der Waals surface area contributed by atoms with Crippen LogP contribution in [0.25, 0.3) is 0 Å². The molecular formula is C19H29N3O5. The summed E-state index contributed by atoms with van der Waals surface area (Å²) >= 11 is 0. The molecule has 0 radical (unpaired) electrons. The summed E-state index contributed by atoms with van der Waals surface area (Å²) in [7, 11) is 1.66. The van der Waals surface area contributed by atoms with Crippen molar-refractivity contribution in [2.24, 2.45) is 0 Å². The predicted molar refractivity (Wildman–Crippen MR) is 102 cm³/mol. The number of nitrogens with zero attached hydrogens (tertiary/aromatic N) is 1. The van der Waals surface area contributed by atoms with E-state index in [0.29, 0.717) is 57.1 Å². The Balaban J connectivity index is 1.80. The van der Waals surface area contributed by atoms with E-state index in [0.717, 1.165) is 12.0 Å². The molecule has 1 heterocycles. The van der Waals surface area contributed by atoms with Crippen molar-refractivity contribution < 1.29 is 24.2 Å². The first-order valence-corrected chi connectivity index (χ1v) is 9.31. The van der Waals surface area contributed by atoms with E-state index in [1.165, 1.54) is 0 Å². The van der Waals surface area contributed by atoms with Crippen LogP contribution in [0, 0.1) is 0 Å². The maximum atomic E-state index is 12.0. The summed E-state index contributed by atoms with van der Waals surface area (Å²) in [5.74, 6) is 0.394. The zero-order valence-corrected chi connectivity index (χ0v) is 16.0. The molecule has 1 aliphatic heterocycles. The summed E-state index contributed by atoms with van der Waals surface area (Å²) in [6.07, 6.45) is 2.00. The van der Waals surface area contributed by atoms with Gasteiger partial charge < -0.3 is 30.1 Å². The van der Waals surface area contributed by atoms with E-state index in [1.807, 2.05) is 11.8 Å². The molecule has 0 fully saturated rings. The Hall–Kier alpha value is -2.32. The summed E-state index contributed by atoms with van der Waals surface area (Å²) in [6, 6.07) is 3.35. The molecule has 27 heavy (non-hydrogen) atoms. The average Bonchev–Trinajstić information content (AvgIpc) is 2.67. The highest BCUT2D eigenvalue weighted by Crippen LogP contribution is 2.39. The van der Waals surface area contributed by atoms with Gasteiger partial charge >= 0.3 is 0 Å². The smallest absolute Gasteiger partial charge is 0.262 e. The number of carbonyl (C=O) groups is 2. The normalized spacial score (nSPS) is 12.9. The Morgan fingerprint density at radius 1 is 1.37 bits per heavy atom. The van der Waals surface area contributed by atoms with Crippen molar-refractivity contribution in [3.8, 4) is 11.5 Å². The van der Waals surface area contributed by atoms with Gasteiger partial charge in [0.1, 0.15) is 11.4 Å². The number of ether oxygens (including phenoxy) is 2. The van der Waals surface area contributed by atoms with Crippen LogP contribution in [0.2, 0.25) is 0 Å². The molecule has 0 saturated carbocycles. The van der Waals surface area contributed by atoms with Gasteiger partial charge in [-0.15, -0.1) is 0 Å². The van der Waals surface area contributed by atoms with Gasteiger partial charge in [0.05, 0.1) is 0 Å². The lowest BCUT2D eigenvalue weighted by molar-refractivity contribution is -0.131. The second-order valence-corrected chi connectivity index (χ2v) is 6.37. The molecule has 0 aromatic heterocycles. The summed E-state index contributed by atoms with van der Waals surface area (Å²) in [4.78, 5) is 25.3. The molecule has 0 bridgehead atoms. The van der Waals surface area contributed by atoms with Crippen LogP contribution >= 0.6 is 0 Å². The number of aromatic hydroxyl groups is 1. The fraction of sp³-hybridized carbons (Fsp3) is 0.579. The molecule has 0 spiro atoms. The van der Waals surface area contributed by atoms with Crippen molar-refractivity contribution in [1.82, 2.24) is 10.2 Å². The van der Waals surface area contributed by atoms with Crippen molar-refractivity contribution in [3.05, 3.63) is 17.7 Å². The van der Waals surface area contributed by atoms with E-state index in [1.54, 1.807) is 19.2 Å². The van der Waals surface area contributed by atoms with E-state index >= 15 is 0 Å². The van der Waals surface area contributed by atoms with Gasteiger partial charge in [0.25, 0.3) is 5.91 Å². The van der Waals surface area contributed by atoms with E-state index in [2.05, 4.69) is 10.6 Å². The molecule has 2 rings (SSSR count). The van der Waals surface area contributed by atoms with Crippen LogP contribution in [-0.2, 0) is 20.7 Å². The lowest BCUT2D eigenvalue weighted by Gasteiger charge is -2.23. The minimum atomic E-state index is -0.276. The number of methoxy groups -OCH3 is 1. The number of hydrogen-bond acceptors (Lipinski definition) is 6. The number of amides is 2. The predicted octanol–water partition coefficient (Wildman–Crippen LogP) is 1.13. The second kappa shape index (κ2) is 10.7. The summed E-state index contributed by atoms with van der Waals surface area (Å²) in [5, 5.41) is 15.8. The number of hydrogen-bond donors (Lipinski definition) is 3. The molecule has 0 atom stereocenters. The van der Waals surface area contributed by atoms with Crippen molar-refractivity contribution in [3.63, 3.8) is 0 Å².